The molecule has 1 aliphatic heterocycles. The van der Waals surface area contributed by atoms with Crippen molar-refractivity contribution in [2.75, 3.05) is 31.1 Å². The molecule has 1 atom stereocenters. The molecular formula is C19H23BrN4O. The zero-order valence-electron chi connectivity index (χ0n) is 14.4. The summed E-state index contributed by atoms with van der Waals surface area (Å²) in [5.74, 6) is 1.18. The Bertz CT molecular complexity index is 784. The molecule has 2 aromatic rings. The lowest BCUT2D eigenvalue weighted by molar-refractivity contribution is -0.126. The molecular weight excluding hydrogens is 380 g/mol. The van der Waals surface area contributed by atoms with E-state index in [0.717, 1.165) is 60.2 Å². The molecule has 1 saturated carbocycles. The van der Waals surface area contributed by atoms with Crippen molar-refractivity contribution in [3.63, 3.8) is 0 Å². The quantitative estimate of drug-likeness (QED) is 0.853. The maximum absolute atomic E-state index is 12.2. The van der Waals surface area contributed by atoms with Gasteiger partial charge in [-0.3, -0.25) is 9.69 Å². The highest BCUT2D eigenvalue weighted by molar-refractivity contribution is 9.10. The van der Waals surface area contributed by atoms with Gasteiger partial charge in [0.15, 0.2) is 0 Å². The van der Waals surface area contributed by atoms with Crippen molar-refractivity contribution >= 4 is 38.6 Å². The Morgan fingerprint density at radius 2 is 1.96 bits per heavy atom. The SMILES string of the molecule is CC(C(=O)NC1CC1)N1CCN(c2ccc3cccc(Br)c3n2)CC1. The summed E-state index contributed by atoms with van der Waals surface area (Å²) in [4.78, 5) is 21.7. The number of aromatic nitrogens is 1. The van der Waals surface area contributed by atoms with Gasteiger partial charge in [-0.2, -0.15) is 0 Å². The third-order valence-corrected chi connectivity index (χ3v) is 5.79. The monoisotopic (exact) mass is 402 g/mol. The van der Waals surface area contributed by atoms with Crippen LogP contribution in [0.4, 0.5) is 5.82 Å². The Morgan fingerprint density at radius 1 is 1.20 bits per heavy atom. The average Bonchev–Trinajstić information content (AvgIpc) is 3.45. The molecule has 5 nitrogen and oxygen atoms in total. The molecule has 2 aliphatic rings. The van der Waals surface area contributed by atoms with E-state index in [1.165, 1.54) is 0 Å². The van der Waals surface area contributed by atoms with Crippen molar-refractivity contribution in [1.82, 2.24) is 15.2 Å². The molecule has 1 aromatic heterocycles. The number of halogens is 1. The minimum absolute atomic E-state index is 0.0542. The van der Waals surface area contributed by atoms with Crippen molar-refractivity contribution in [3.8, 4) is 0 Å². The van der Waals surface area contributed by atoms with Crippen LogP contribution in [0.1, 0.15) is 19.8 Å². The van der Waals surface area contributed by atoms with Crippen LogP contribution in [0, 0.1) is 0 Å². The molecule has 2 fully saturated rings. The normalized spacial score (nSPS) is 19.8. The van der Waals surface area contributed by atoms with E-state index in [-0.39, 0.29) is 11.9 Å². The summed E-state index contributed by atoms with van der Waals surface area (Å²) in [6.07, 6.45) is 2.27. The van der Waals surface area contributed by atoms with Crippen molar-refractivity contribution in [2.45, 2.75) is 31.8 Å². The standard InChI is InChI=1S/C19H23BrN4O/c1-13(19(25)21-15-6-7-15)23-9-11-24(12-10-23)17-8-5-14-3-2-4-16(20)18(14)22-17/h2-5,8,13,15H,6-7,9-12H2,1H3,(H,21,25). The minimum Gasteiger partial charge on any atom is -0.354 e. The molecule has 1 N–H and O–H groups in total. The van der Waals surface area contributed by atoms with E-state index in [2.05, 4.69) is 49.2 Å². The number of benzene rings is 1. The number of para-hydroxylation sites is 1. The summed E-state index contributed by atoms with van der Waals surface area (Å²) in [5, 5.41) is 4.25. The topological polar surface area (TPSA) is 48.5 Å². The van der Waals surface area contributed by atoms with Crippen LogP contribution in [0.25, 0.3) is 10.9 Å². The van der Waals surface area contributed by atoms with Crippen LogP contribution in [-0.2, 0) is 4.79 Å². The van der Waals surface area contributed by atoms with Crippen molar-refractivity contribution in [3.05, 3.63) is 34.8 Å². The fraction of sp³-hybridized carbons (Fsp3) is 0.474. The number of rotatable bonds is 4. The third-order valence-electron chi connectivity index (χ3n) is 5.15. The molecule has 4 rings (SSSR count). The number of piperazine rings is 1. The Labute approximate surface area is 156 Å². The van der Waals surface area contributed by atoms with Gasteiger partial charge in [-0.25, -0.2) is 4.98 Å². The van der Waals surface area contributed by atoms with E-state index >= 15 is 0 Å². The van der Waals surface area contributed by atoms with Gasteiger partial charge in [-0.05, 0) is 53.9 Å². The number of hydrogen-bond donors (Lipinski definition) is 1. The van der Waals surface area contributed by atoms with Crippen molar-refractivity contribution in [1.29, 1.82) is 0 Å². The first-order valence-electron chi connectivity index (χ1n) is 8.96. The van der Waals surface area contributed by atoms with E-state index in [1.807, 2.05) is 19.1 Å². The van der Waals surface area contributed by atoms with Crippen LogP contribution < -0.4 is 10.2 Å². The van der Waals surface area contributed by atoms with E-state index in [4.69, 9.17) is 4.98 Å². The molecule has 2 heterocycles. The van der Waals surface area contributed by atoms with Crippen molar-refractivity contribution in [2.24, 2.45) is 0 Å². The van der Waals surface area contributed by atoms with E-state index in [0.29, 0.717) is 6.04 Å². The fourth-order valence-electron chi connectivity index (χ4n) is 3.33. The number of carbonyl (C=O) groups is 1. The molecule has 6 heteroatoms. The van der Waals surface area contributed by atoms with Gasteiger partial charge in [0.2, 0.25) is 5.91 Å². The van der Waals surface area contributed by atoms with E-state index < -0.39 is 0 Å². The van der Waals surface area contributed by atoms with Gasteiger partial charge >= 0.3 is 0 Å². The summed E-state index contributed by atoms with van der Waals surface area (Å²) >= 11 is 3.59. The molecule has 0 spiro atoms. The second kappa shape index (κ2) is 6.92. The Hall–Kier alpha value is -1.66. The number of pyridine rings is 1. The number of amides is 1. The largest absolute Gasteiger partial charge is 0.354 e. The maximum atomic E-state index is 12.2. The molecule has 1 aliphatic carbocycles. The highest BCUT2D eigenvalue weighted by Gasteiger charge is 2.30. The van der Waals surface area contributed by atoms with Crippen LogP contribution in [0.3, 0.4) is 0 Å². The lowest BCUT2D eigenvalue weighted by Crippen LogP contribution is -2.54. The molecule has 25 heavy (non-hydrogen) atoms. The molecule has 1 aromatic carbocycles. The van der Waals surface area contributed by atoms with Gasteiger partial charge in [0.25, 0.3) is 0 Å². The summed E-state index contributed by atoms with van der Waals surface area (Å²) in [7, 11) is 0. The Balaban J connectivity index is 1.41. The second-order valence-electron chi connectivity index (χ2n) is 6.96. The second-order valence-corrected chi connectivity index (χ2v) is 7.82. The van der Waals surface area contributed by atoms with E-state index in [1.54, 1.807) is 0 Å². The number of nitrogens with zero attached hydrogens (tertiary/aromatic N) is 3. The predicted molar refractivity (Wildman–Crippen MR) is 104 cm³/mol. The lowest BCUT2D eigenvalue weighted by Gasteiger charge is -2.38. The Kier molecular flexibility index (Phi) is 4.65. The fourth-order valence-corrected chi connectivity index (χ4v) is 3.80. The highest BCUT2D eigenvalue weighted by atomic mass is 79.9. The summed E-state index contributed by atoms with van der Waals surface area (Å²) in [6, 6.07) is 10.7. The van der Waals surface area contributed by atoms with Gasteiger partial charge in [0.1, 0.15) is 5.82 Å². The van der Waals surface area contributed by atoms with Gasteiger partial charge in [-0.1, -0.05) is 12.1 Å². The first-order chi connectivity index (χ1) is 12.1. The first kappa shape index (κ1) is 16.8. The number of nitrogens with one attached hydrogen (secondary N) is 1. The molecule has 1 unspecified atom stereocenters. The van der Waals surface area contributed by atoms with Gasteiger partial charge < -0.3 is 10.2 Å². The summed E-state index contributed by atoms with van der Waals surface area (Å²) in [5.41, 5.74) is 1.000. The van der Waals surface area contributed by atoms with Crippen LogP contribution in [-0.4, -0.2) is 54.1 Å². The number of carbonyl (C=O) groups excluding carboxylic acids is 1. The van der Waals surface area contributed by atoms with Crippen LogP contribution in [0.5, 0.6) is 0 Å². The van der Waals surface area contributed by atoms with Gasteiger partial charge in [-0.15, -0.1) is 0 Å². The molecule has 132 valence electrons. The number of hydrogen-bond acceptors (Lipinski definition) is 4. The lowest BCUT2D eigenvalue weighted by atomic mass is 10.2. The van der Waals surface area contributed by atoms with Crippen LogP contribution in [0.15, 0.2) is 34.8 Å². The molecule has 1 saturated heterocycles. The van der Waals surface area contributed by atoms with Crippen molar-refractivity contribution < 1.29 is 4.79 Å². The molecule has 0 bridgehead atoms. The molecule has 1 amide bonds. The van der Waals surface area contributed by atoms with Crippen LogP contribution >= 0.6 is 15.9 Å². The van der Waals surface area contributed by atoms with Gasteiger partial charge in [0, 0.05) is 42.1 Å². The number of anilines is 1. The van der Waals surface area contributed by atoms with E-state index in [9.17, 15) is 4.79 Å². The third kappa shape index (κ3) is 3.65. The maximum Gasteiger partial charge on any atom is 0.237 e. The Morgan fingerprint density at radius 3 is 2.68 bits per heavy atom. The average molecular weight is 403 g/mol. The minimum atomic E-state index is -0.0542. The zero-order valence-corrected chi connectivity index (χ0v) is 16.0. The summed E-state index contributed by atoms with van der Waals surface area (Å²) in [6.45, 7) is 5.57. The van der Waals surface area contributed by atoms with Crippen LogP contribution in [0.2, 0.25) is 0 Å². The zero-order chi connectivity index (χ0) is 17.4. The summed E-state index contributed by atoms with van der Waals surface area (Å²) < 4.78 is 1.02. The predicted octanol–water partition coefficient (Wildman–Crippen LogP) is 2.79. The van der Waals surface area contributed by atoms with Gasteiger partial charge in [0.05, 0.1) is 11.6 Å². The first-order valence-corrected chi connectivity index (χ1v) is 9.76. The smallest absolute Gasteiger partial charge is 0.237 e. The molecule has 0 radical (unpaired) electrons. The highest BCUT2D eigenvalue weighted by Crippen LogP contribution is 2.25. The number of fused-ring (bicyclic) bond motifs is 1.